The van der Waals surface area contributed by atoms with Crippen molar-refractivity contribution in [1.29, 1.82) is 0 Å². The second kappa shape index (κ2) is 11.5. The van der Waals surface area contributed by atoms with Crippen LogP contribution in [0.3, 0.4) is 0 Å². The van der Waals surface area contributed by atoms with E-state index in [9.17, 15) is 18.0 Å². The van der Waals surface area contributed by atoms with Crippen LogP contribution in [-0.2, 0) is 16.4 Å². The largest absolute Gasteiger partial charge is 0.340 e. The molecule has 0 aliphatic carbocycles. The quantitative estimate of drug-likeness (QED) is 0.257. The van der Waals surface area contributed by atoms with E-state index >= 15 is 4.39 Å². The van der Waals surface area contributed by atoms with Crippen LogP contribution in [0.2, 0.25) is 5.02 Å². The third-order valence-electron chi connectivity index (χ3n) is 6.84. The van der Waals surface area contributed by atoms with Gasteiger partial charge in [0.15, 0.2) is 0 Å². The normalized spacial score (nSPS) is 12.3. The van der Waals surface area contributed by atoms with Crippen LogP contribution in [0.5, 0.6) is 0 Å². The Kier molecular flexibility index (Phi) is 7.53. The van der Waals surface area contributed by atoms with E-state index in [2.05, 4.69) is 25.5 Å². The number of imidazole rings is 1. The summed E-state index contributed by atoms with van der Waals surface area (Å²) in [5, 5.41) is 11.5. The van der Waals surface area contributed by atoms with Gasteiger partial charge >= 0.3 is 0 Å². The number of tetrazole rings is 1. The fourth-order valence-electron chi connectivity index (χ4n) is 4.88. The lowest BCUT2D eigenvalue weighted by molar-refractivity contribution is 0.0981. The molecule has 1 unspecified atom stereocenters. The Hall–Kier alpha value is -5.21. The van der Waals surface area contributed by atoms with E-state index in [0.29, 0.717) is 33.1 Å². The molecule has 1 amide bonds. The van der Waals surface area contributed by atoms with Crippen LogP contribution >= 0.6 is 11.6 Å². The molecule has 6 rings (SSSR count). The maximum Gasteiger partial charge on any atom is 0.264 e. The molecule has 3 heterocycles. The van der Waals surface area contributed by atoms with Gasteiger partial charge in [0.1, 0.15) is 18.0 Å². The van der Waals surface area contributed by atoms with E-state index in [1.165, 1.54) is 39.8 Å². The Labute approximate surface area is 254 Å². The minimum Gasteiger partial charge on any atom is -0.340 e. The first-order valence-electron chi connectivity index (χ1n) is 13.1. The summed E-state index contributed by atoms with van der Waals surface area (Å²) in [4.78, 5) is 33.9. The molecule has 0 saturated heterocycles. The van der Waals surface area contributed by atoms with E-state index in [1.54, 1.807) is 18.2 Å². The molecule has 3 aromatic carbocycles. The maximum atomic E-state index is 16.0. The number of sulfonamides is 1. The number of nitrogens with one attached hydrogen (secondary N) is 2. The van der Waals surface area contributed by atoms with Gasteiger partial charge in [-0.1, -0.05) is 41.9 Å². The van der Waals surface area contributed by atoms with Crippen LogP contribution in [0.1, 0.15) is 27.8 Å². The van der Waals surface area contributed by atoms with Gasteiger partial charge in [-0.05, 0) is 52.4 Å². The van der Waals surface area contributed by atoms with Gasteiger partial charge < -0.3 is 9.55 Å². The number of rotatable bonds is 8. The van der Waals surface area contributed by atoms with Gasteiger partial charge in [0.25, 0.3) is 11.5 Å². The van der Waals surface area contributed by atoms with Gasteiger partial charge in [0, 0.05) is 40.4 Å². The van der Waals surface area contributed by atoms with Crippen molar-refractivity contribution in [1.82, 2.24) is 39.5 Å². The van der Waals surface area contributed by atoms with Crippen LogP contribution in [0, 0.1) is 5.82 Å². The van der Waals surface area contributed by atoms with Crippen LogP contribution in [0.4, 0.5) is 4.39 Å². The average Bonchev–Trinajstić information content (AvgIpc) is 3.67. The average molecular weight is 633 g/mol. The number of hydrogen-bond acceptors (Lipinski definition) is 8. The molecule has 0 aliphatic rings. The van der Waals surface area contributed by atoms with Gasteiger partial charge in [0.05, 0.1) is 29.0 Å². The molecule has 0 aliphatic heterocycles. The smallest absolute Gasteiger partial charge is 0.264 e. The number of aromatic nitrogens is 7. The molecule has 222 valence electrons. The summed E-state index contributed by atoms with van der Waals surface area (Å²) in [6.07, 6.45) is 3.62. The highest BCUT2D eigenvalue weighted by Crippen LogP contribution is 2.31. The summed E-state index contributed by atoms with van der Waals surface area (Å²) in [7, 11) is -3.77. The first kappa shape index (κ1) is 28.9. The molecule has 3 aromatic heterocycles. The van der Waals surface area contributed by atoms with Crippen molar-refractivity contribution < 1.29 is 17.6 Å². The van der Waals surface area contributed by atoms with Gasteiger partial charge in [-0.2, -0.15) is 4.68 Å². The summed E-state index contributed by atoms with van der Waals surface area (Å²) in [6.45, 7) is 0. The predicted molar refractivity (Wildman–Crippen MR) is 161 cm³/mol. The van der Waals surface area contributed by atoms with E-state index in [4.69, 9.17) is 11.6 Å². The monoisotopic (exact) mass is 632 g/mol. The number of H-pyrrole nitrogens is 1. The van der Waals surface area contributed by atoms with Crippen molar-refractivity contribution in [3.8, 4) is 16.8 Å². The number of benzene rings is 3. The van der Waals surface area contributed by atoms with Crippen LogP contribution < -0.4 is 10.3 Å². The van der Waals surface area contributed by atoms with Crippen molar-refractivity contribution in [3.63, 3.8) is 0 Å². The second-order valence-electron chi connectivity index (χ2n) is 9.96. The molecule has 0 saturated carbocycles. The number of hydrogen-bond donors (Lipinski definition) is 2. The summed E-state index contributed by atoms with van der Waals surface area (Å²) >= 11 is 6.24. The van der Waals surface area contributed by atoms with E-state index in [0.717, 1.165) is 18.0 Å². The summed E-state index contributed by atoms with van der Waals surface area (Å²) < 4.78 is 43.6. The lowest BCUT2D eigenvalue weighted by atomic mass is 10.0. The zero-order chi connectivity index (χ0) is 31.0. The van der Waals surface area contributed by atoms with E-state index < -0.39 is 33.3 Å². The second-order valence-corrected chi connectivity index (χ2v) is 12.1. The van der Waals surface area contributed by atoms with Crippen molar-refractivity contribution in [2.75, 3.05) is 6.26 Å². The number of nitrogens with zero attached hydrogens (tertiary/aromatic N) is 6. The van der Waals surface area contributed by atoms with Gasteiger partial charge in [-0.3, -0.25) is 9.59 Å². The van der Waals surface area contributed by atoms with E-state index in [-0.39, 0.29) is 17.5 Å². The Balaban J connectivity index is 1.45. The highest BCUT2D eigenvalue weighted by atomic mass is 35.5. The highest BCUT2D eigenvalue weighted by Gasteiger charge is 2.24. The van der Waals surface area contributed by atoms with Gasteiger partial charge in [-0.25, -0.2) is 22.5 Å². The lowest BCUT2D eigenvalue weighted by Crippen LogP contribution is -2.29. The number of carbonyl (C=O) groups is 1. The van der Waals surface area contributed by atoms with Crippen LogP contribution in [0.15, 0.2) is 90.1 Å². The third-order valence-corrected chi connectivity index (χ3v) is 7.63. The number of carbonyl (C=O) groups excluding carboxylic acids is 1. The number of pyridine rings is 1. The van der Waals surface area contributed by atoms with Crippen molar-refractivity contribution >= 4 is 38.6 Å². The lowest BCUT2D eigenvalue weighted by Gasteiger charge is -2.19. The van der Waals surface area contributed by atoms with Gasteiger partial charge in [-0.15, -0.1) is 5.10 Å². The van der Waals surface area contributed by atoms with Crippen molar-refractivity contribution in [3.05, 3.63) is 123 Å². The highest BCUT2D eigenvalue weighted by molar-refractivity contribution is 7.89. The maximum absolute atomic E-state index is 16.0. The number of amides is 1. The molecule has 0 radical (unpaired) electrons. The Bertz CT molecular complexity index is 2180. The van der Waals surface area contributed by atoms with Crippen molar-refractivity contribution in [2.45, 2.75) is 12.5 Å². The Morgan fingerprint density at radius 3 is 2.59 bits per heavy atom. The molecule has 0 spiro atoms. The molecule has 0 fully saturated rings. The van der Waals surface area contributed by atoms with Crippen LogP contribution in [-0.4, -0.2) is 55.3 Å². The van der Waals surface area contributed by atoms with Crippen LogP contribution in [0.25, 0.3) is 27.8 Å². The molecule has 44 heavy (non-hydrogen) atoms. The molecule has 6 aromatic rings. The number of halogens is 2. The summed E-state index contributed by atoms with van der Waals surface area (Å²) in [5.41, 5.74) is 2.05. The number of fused-ring (bicyclic) bond motifs is 1. The van der Waals surface area contributed by atoms with Crippen molar-refractivity contribution in [2.24, 2.45) is 0 Å². The first-order chi connectivity index (χ1) is 21.1. The standard InChI is InChI=1S/C29H22ClFN8O4S/c1-44(42,43)35-29(41)18-7-9-23-24(12-18)34-28(33-23)26(11-17-5-3-2-4-6-17)38-15-22(31)20(14-27(38)40)21-13-19(30)8-10-25(21)39-16-32-36-37-39/h2-10,12-16,26H,11H2,1H3,(H,33,34)(H,35,41). The van der Waals surface area contributed by atoms with E-state index in [1.807, 2.05) is 35.1 Å². The molecular formula is C29H22ClFN8O4S. The predicted octanol–water partition coefficient (Wildman–Crippen LogP) is 3.68. The summed E-state index contributed by atoms with van der Waals surface area (Å²) in [5.74, 6) is -1.18. The summed E-state index contributed by atoms with van der Waals surface area (Å²) in [6, 6.07) is 18.9. The fourth-order valence-corrected chi connectivity index (χ4v) is 5.51. The zero-order valence-electron chi connectivity index (χ0n) is 22.8. The molecule has 0 bridgehead atoms. The minimum atomic E-state index is -3.77. The molecule has 12 nitrogen and oxygen atoms in total. The molecular weight excluding hydrogens is 611 g/mol. The Morgan fingerprint density at radius 1 is 1.07 bits per heavy atom. The molecule has 2 N–H and O–H groups in total. The molecule has 1 atom stereocenters. The SMILES string of the molecule is CS(=O)(=O)NC(=O)c1ccc2[nH]c(C(Cc3ccccc3)n3cc(F)c(-c4cc(Cl)ccc4-n4cnnn4)cc3=O)nc2c1. The third kappa shape index (κ3) is 5.98. The zero-order valence-corrected chi connectivity index (χ0v) is 24.4. The number of aromatic amines is 1. The fraction of sp³-hybridized carbons (Fsp3) is 0.103. The topological polar surface area (TPSA) is 158 Å². The minimum absolute atomic E-state index is 0.00356. The molecule has 15 heteroatoms. The Morgan fingerprint density at radius 2 is 1.86 bits per heavy atom. The first-order valence-corrected chi connectivity index (χ1v) is 15.3. The van der Waals surface area contributed by atoms with Gasteiger partial charge in [0.2, 0.25) is 10.0 Å².